The molecular formula is C19H21N3O3. The molecule has 0 aliphatic carbocycles. The topological polar surface area (TPSA) is 79.5 Å². The highest BCUT2D eigenvalue weighted by Gasteiger charge is 2.32. The van der Waals surface area contributed by atoms with Crippen molar-refractivity contribution in [1.82, 2.24) is 5.32 Å². The molecule has 1 aliphatic rings. The molecule has 1 heterocycles. The minimum atomic E-state index is -0.611. The zero-order valence-corrected chi connectivity index (χ0v) is 14.3. The fraction of sp³-hybridized carbons (Fsp3) is 0.263. The van der Waals surface area contributed by atoms with E-state index in [2.05, 4.69) is 16.0 Å². The number of urea groups is 1. The third-order valence-corrected chi connectivity index (χ3v) is 3.98. The van der Waals surface area contributed by atoms with E-state index in [0.717, 1.165) is 5.56 Å². The molecule has 2 aromatic rings. The second-order valence-electron chi connectivity index (χ2n) is 6.63. The van der Waals surface area contributed by atoms with Crippen LogP contribution in [-0.2, 0) is 11.3 Å². The first-order valence-corrected chi connectivity index (χ1v) is 8.11. The normalized spacial score (nSPS) is 15.2. The maximum absolute atomic E-state index is 12.2. The van der Waals surface area contributed by atoms with Gasteiger partial charge in [-0.15, -0.1) is 0 Å². The van der Waals surface area contributed by atoms with Crippen LogP contribution in [0.2, 0.25) is 0 Å². The molecule has 25 heavy (non-hydrogen) atoms. The summed E-state index contributed by atoms with van der Waals surface area (Å²) in [4.78, 5) is 24.2. The molecule has 130 valence electrons. The van der Waals surface area contributed by atoms with Crippen molar-refractivity contribution in [3.63, 3.8) is 0 Å². The summed E-state index contributed by atoms with van der Waals surface area (Å²) in [5.74, 6) is 0.478. The number of rotatable bonds is 3. The monoisotopic (exact) mass is 339 g/mol. The molecule has 0 spiro atoms. The van der Waals surface area contributed by atoms with Crippen molar-refractivity contribution in [3.8, 4) is 5.75 Å². The third-order valence-electron chi connectivity index (χ3n) is 3.98. The lowest BCUT2D eigenvalue weighted by atomic mass is 9.94. The van der Waals surface area contributed by atoms with E-state index in [4.69, 9.17) is 4.74 Å². The Labute approximate surface area is 146 Å². The Balaban J connectivity index is 1.64. The van der Waals surface area contributed by atoms with Gasteiger partial charge in [0.25, 0.3) is 0 Å². The van der Waals surface area contributed by atoms with E-state index in [-0.39, 0.29) is 11.9 Å². The number of benzene rings is 2. The Kier molecular flexibility index (Phi) is 4.61. The van der Waals surface area contributed by atoms with Crippen molar-refractivity contribution in [3.05, 3.63) is 54.1 Å². The summed E-state index contributed by atoms with van der Waals surface area (Å²) >= 11 is 0. The molecule has 3 rings (SSSR count). The molecule has 6 nitrogen and oxygen atoms in total. The molecule has 0 saturated heterocycles. The molecule has 3 N–H and O–H groups in total. The smallest absolute Gasteiger partial charge is 0.319 e. The molecule has 0 aromatic heterocycles. The van der Waals surface area contributed by atoms with E-state index in [1.807, 2.05) is 44.2 Å². The van der Waals surface area contributed by atoms with Crippen LogP contribution in [0.5, 0.6) is 5.75 Å². The van der Waals surface area contributed by atoms with Gasteiger partial charge >= 0.3 is 6.03 Å². The molecule has 1 aliphatic heterocycles. The minimum Gasteiger partial charge on any atom is -0.490 e. The zero-order chi connectivity index (χ0) is 17.9. The highest BCUT2D eigenvalue weighted by molar-refractivity contribution is 5.98. The van der Waals surface area contributed by atoms with Crippen LogP contribution < -0.4 is 20.7 Å². The molecule has 0 bridgehead atoms. The van der Waals surface area contributed by atoms with Crippen LogP contribution in [0.25, 0.3) is 0 Å². The van der Waals surface area contributed by atoms with Crippen LogP contribution in [0.1, 0.15) is 19.4 Å². The highest BCUT2D eigenvalue weighted by Crippen LogP contribution is 2.34. The van der Waals surface area contributed by atoms with Gasteiger partial charge in [-0.3, -0.25) is 4.79 Å². The molecule has 0 radical (unpaired) electrons. The standard InChI is InChI=1S/C19H21N3O3/c1-19(2)12-25-16-9-8-14(10-15(16)22-17(19)23)21-18(24)20-11-13-6-4-3-5-7-13/h3-10H,11-12H2,1-2H3,(H,22,23)(H2,20,21,24). The number of amides is 3. The Morgan fingerprint density at radius 2 is 1.96 bits per heavy atom. The first kappa shape index (κ1) is 16.8. The third kappa shape index (κ3) is 4.09. The van der Waals surface area contributed by atoms with Gasteiger partial charge in [-0.2, -0.15) is 0 Å². The summed E-state index contributed by atoms with van der Waals surface area (Å²) < 4.78 is 5.69. The quantitative estimate of drug-likeness (QED) is 0.802. The van der Waals surface area contributed by atoms with Crippen molar-refractivity contribution in [1.29, 1.82) is 0 Å². The number of fused-ring (bicyclic) bond motifs is 1. The van der Waals surface area contributed by atoms with E-state index in [0.29, 0.717) is 30.3 Å². The molecular weight excluding hydrogens is 318 g/mol. The van der Waals surface area contributed by atoms with Gasteiger partial charge in [-0.1, -0.05) is 30.3 Å². The summed E-state index contributed by atoms with van der Waals surface area (Å²) in [5, 5.41) is 8.40. The minimum absolute atomic E-state index is 0.114. The fourth-order valence-corrected chi connectivity index (χ4v) is 2.40. The maximum Gasteiger partial charge on any atom is 0.319 e. The van der Waals surface area contributed by atoms with Gasteiger partial charge in [0.1, 0.15) is 12.4 Å². The van der Waals surface area contributed by atoms with Gasteiger partial charge in [0.05, 0.1) is 11.1 Å². The summed E-state index contributed by atoms with van der Waals surface area (Å²) in [6, 6.07) is 14.5. The largest absolute Gasteiger partial charge is 0.490 e. The van der Waals surface area contributed by atoms with Crippen molar-refractivity contribution in [2.24, 2.45) is 5.41 Å². The van der Waals surface area contributed by atoms with E-state index < -0.39 is 5.41 Å². The first-order chi connectivity index (χ1) is 11.9. The van der Waals surface area contributed by atoms with Crippen molar-refractivity contribution in [2.45, 2.75) is 20.4 Å². The Bertz CT molecular complexity index is 788. The summed E-state index contributed by atoms with van der Waals surface area (Å²) in [6.07, 6.45) is 0. The van der Waals surface area contributed by atoms with Crippen LogP contribution in [0.3, 0.4) is 0 Å². The van der Waals surface area contributed by atoms with Gasteiger partial charge in [-0.05, 0) is 37.6 Å². The number of carbonyl (C=O) groups is 2. The molecule has 0 saturated carbocycles. The Hall–Kier alpha value is -3.02. The van der Waals surface area contributed by atoms with Gasteiger partial charge in [0.15, 0.2) is 0 Å². The average Bonchev–Trinajstić information content (AvgIpc) is 2.70. The molecule has 0 fully saturated rings. The van der Waals surface area contributed by atoms with E-state index in [1.165, 1.54) is 0 Å². The first-order valence-electron chi connectivity index (χ1n) is 8.11. The summed E-state index contributed by atoms with van der Waals surface area (Å²) in [5.41, 5.74) is 1.53. The Morgan fingerprint density at radius 3 is 2.72 bits per heavy atom. The van der Waals surface area contributed by atoms with E-state index in [1.54, 1.807) is 18.2 Å². The molecule has 0 atom stereocenters. The van der Waals surface area contributed by atoms with Gasteiger partial charge in [-0.25, -0.2) is 4.79 Å². The van der Waals surface area contributed by atoms with Gasteiger partial charge in [0.2, 0.25) is 5.91 Å². The lowest BCUT2D eigenvalue weighted by Crippen LogP contribution is -2.33. The maximum atomic E-state index is 12.2. The van der Waals surface area contributed by atoms with Gasteiger partial charge < -0.3 is 20.7 Å². The van der Waals surface area contributed by atoms with Crippen molar-refractivity contribution in [2.75, 3.05) is 17.2 Å². The number of hydrogen-bond donors (Lipinski definition) is 3. The van der Waals surface area contributed by atoms with Crippen molar-refractivity contribution >= 4 is 23.3 Å². The summed E-state index contributed by atoms with van der Waals surface area (Å²) in [6.45, 7) is 4.39. The lowest BCUT2D eigenvalue weighted by Gasteiger charge is -2.18. The average molecular weight is 339 g/mol. The molecule has 2 aromatic carbocycles. The highest BCUT2D eigenvalue weighted by atomic mass is 16.5. The van der Waals surface area contributed by atoms with Crippen LogP contribution in [0.15, 0.2) is 48.5 Å². The van der Waals surface area contributed by atoms with Crippen LogP contribution in [0.4, 0.5) is 16.2 Å². The van der Waals surface area contributed by atoms with E-state index in [9.17, 15) is 9.59 Å². The lowest BCUT2D eigenvalue weighted by molar-refractivity contribution is -0.124. The number of anilines is 2. The molecule has 6 heteroatoms. The summed E-state index contributed by atoms with van der Waals surface area (Å²) in [7, 11) is 0. The van der Waals surface area contributed by atoms with Crippen LogP contribution in [0, 0.1) is 5.41 Å². The van der Waals surface area contributed by atoms with Crippen LogP contribution in [-0.4, -0.2) is 18.5 Å². The number of ether oxygens (including phenoxy) is 1. The predicted molar refractivity (Wildman–Crippen MR) is 96.6 cm³/mol. The second-order valence-corrected chi connectivity index (χ2v) is 6.63. The number of carbonyl (C=O) groups excluding carboxylic acids is 2. The second kappa shape index (κ2) is 6.84. The number of nitrogens with one attached hydrogen (secondary N) is 3. The SMILES string of the molecule is CC1(C)COc2ccc(NC(=O)NCc3ccccc3)cc2NC1=O. The van der Waals surface area contributed by atoms with E-state index >= 15 is 0 Å². The number of hydrogen-bond acceptors (Lipinski definition) is 3. The Morgan fingerprint density at radius 1 is 1.20 bits per heavy atom. The molecule has 3 amide bonds. The van der Waals surface area contributed by atoms with Gasteiger partial charge in [0, 0.05) is 12.2 Å². The zero-order valence-electron chi connectivity index (χ0n) is 14.3. The predicted octanol–water partition coefficient (Wildman–Crippen LogP) is 3.37. The molecule has 0 unspecified atom stereocenters. The fourth-order valence-electron chi connectivity index (χ4n) is 2.40. The van der Waals surface area contributed by atoms with Crippen molar-refractivity contribution < 1.29 is 14.3 Å². The van der Waals surface area contributed by atoms with Crippen LogP contribution >= 0.6 is 0 Å².